The number of carbonyl (C=O) groups excluding carboxylic acids is 2. The van der Waals surface area contributed by atoms with Crippen LogP contribution in [0.25, 0.3) is 0 Å². The maximum atomic E-state index is 12.5. The van der Waals surface area contributed by atoms with E-state index < -0.39 is 5.37 Å². The average molecular weight is 312 g/mol. The normalized spacial score (nSPS) is 17.9. The lowest BCUT2D eigenvalue weighted by molar-refractivity contribution is -0.116. The molecule has 1 aliphatic rings. The summed E-state index contributed by atoms with van der Waals surface area (Å²) in [5, 5.41) is 2.29. The Hall–Kier alpha value is -2.27. The van der Waals surface area contributed by atoms with Gasteiger partial charge in [0.05, 0.1) is 5.69 Å². The molecule has 1 unspecified atom stereocenters. The summed E-state index contributed by atoms with van der Waals surface area (Å²) in [5.41, 5.74) is 3.64. The molecule has 0 aliphatic carbocycles. The molecular weight excluding hydrogens is 296 g/mol. The number of anilines is 2. The number of thioether (sulfide) groups is 1. The van der Waals surface area contributed by atoms with Gasteiger partial charge in [-0.1, -0.05) is 29.8 Å². The van der Waals surface area contributed by atoms with Crippen LogP contribution in [0.3, 0.4) is 0 Å². The largest absolute Gasteiger partial charge is 0.365 e. The Morgan fingerprint density at radius 1 is 1.00 bits per heavy atom. The van der Waals surface area contributed by atoms with Crippen LogP contribution >= 0.6 is 11.8 Å². The number of rotatable bonds is 3. The van der Waals surface area contributed by atoms with Crippen molar-refractivity contribution in [2.24, 2.45) is 0 Å². The van der Waals surface area contributed by atoms with Gasteiger partial charge < -0.3 is 5.32 Å². The first-order chi connectivity index (χ1) is 10.5. The second-order valence-corrected chi connectivity index (χ2v) is 6.34. The highest BCUT2D eigenvalue weighted by molar-refractivity contribution is 8.16. The number of amides is 2. The van der Waals surface area contributed by atoms with Crippen molar-refractivity contribution < 1.29 is 9.59 Å². The van der Waals surface area contributed by atoms with E-state index in [1.807, 2.05) is 50.2 Å². The Kier molecular flexibility index (Phi) is 3.90. The van der Waals surface area contributed by atoms with E-state index in [0.29, 0.717) is 5.69 Å². The Morgan fingerprint density at radius 2 is 1.73 bits per heavy atom. The maximum absolute atomic E-state index is 12.5. The number of hydrogen-bond acceptors (Lipinski definition) is 4. The third-order valence-corrected chi connectivity index (χ3v) is 4.39. The standard InChI is InChI=1S/C17H16N2O2S/c1-11-6-8-14(9-7-11)19-16(20)15(22-17(19)21)18-13-5-3-4-12(2)10-13/h3-10,15,18H,1-2H3. The van der Waals surface area contributed by atoms with Gasteiger partial charge in [-0.15, -0.1) is 0 Å². The van der Waals surface area contributed by atoms with Crippen molar-refractivity contribution in [3.05, 3.63) is 59.7 Å². The lowest BCUT2D eigenvalue weighted by atomic mass is 10.2. The van der Waals surface area contributed by atoms with E-state index in [9.17, 15) is 9.59 Å². The van der Waals surface area contributed by atoms with E-state index in [-0.39, 0.29) is 11.1 Å². The predicted octanol–water partition coefficient (Wildman–Crippen LogP) is 3.94. The van der Waals surface area contributed by atoms with Gasteiger partial charge >= 0.3 is 0 Å². The highest BCUT2D eigenvalue weighted by atomic mass is 32.2. The lowest BCUT2D eigenvalue weighted by Crippen LogP contribution is -2.34. The van der Waals surface area contributed by atoms with E-state index in [2.05, 4.69) is 5.32 Å². The first-order valence-electron chi connectivity index (χ1n) is 6.99. The molecule has 0 saturated carbocycles. The van der Waals surface area contributed by atoms with Crippen LogP contribution in [0.2, 0.25) is 0 Å². The van der Waals surface area contributed by atoms with Crippen LogP contribution in [0, 0.1) is 13.8 Å². The van der Waals surface area contributed by atoms with E-state index in [0.717, 1.165) is 28.6 Å². The zero-order chi connectivity index (χ0) is 15.7. The van der Waals surface area contributed by atoms with Crippen molar-refractivity contribution in [3.8, 4) is 0 Å². The molecule has 1 saturated heterocycles. The molecular formula is C17H16N2O2S. The van der Waals surface area contributed by atoms with E-state index in [1.165, 1.54) is 4.90 Å². The van der Waals surface area contributed by atoms with Gasteiger partial charge in [0.2, 0.25) is 0 Å². The summed E-state index contributed by atoms with van der Waals surface area (Å²) < 4.78 is 0. The van der Waals surface area contributed by atoms with Crippen molar-refractivity contribution in [2.75, 3.05) is 10.2 Å². The minimum absolute atomic E-state index is 0.236. The van der Waals surface area contributed by atoms with Gasteiger partial charge in [-0.3, -0.25) is 9.59 Å². The number of nitrogens with zero attached hydrogens (tertiary/aromatic N) is 1. The second-order valence-electron chi connectivity index (χ2n) is 5.29. The maximum Gasteiger partial charge on any atom is 0.295 e. The number of carbonyl (C=O) groups is 2. The zero-order valence-corrected chi connectivity index (χ0v) is 13.2. The van der Waals surface area contributed by atoms with Crippen LogP contribution in [0.1, 0.15) is 11.1 Å². The molecule has 1 aliphatic heterocycles. The molecule has 1 atom stereocenters. The van der Waals surface area contributed by atoms with Gasteiger partial charge in [-0.05, 0) is 55.4 Å². The first kappa shape index (κ1) is 14.7. The Balaban J connectivity index is 1.81. The van der Waals surface area contributed by atoms with Crippen LogP contribution in [0.5, 0.6) is 0 Å². The third kappa shape index (κ3) is 2.85. The molecule has 4 nitrogen and oxygen atoms in total. The molecule has 2 aromatic carbocycles. The fourth-order valence-electron chi connectivity index (χ4n) is 2.32. The molecule has 2 amide bonds. The van der Waals surface area contributed by atoms with E-state index >= 15 is 0 Å². The SMILES string of the molecule is Cc1ccc(N2C(=O)SC(Nc3cccc(C)c3)C2=O)cc1. The molecule has 0 spiro atoms. The summed E-state index contributed by atoms with van der Waals surface area (Å²) in [6.07, 6.45) is 0. The summed E-state index contributed by atoms with van der Waals surface area (Å²) in [7, 11) is 0. The Labute approximate surface area is 133 Å². The van der Waals surface area contributed by atoms with Gasteiger partial charge in [0.25, 0.3) is 11.1 Å². The van der Waals surface area contributed by atoms with Crippen LogP contribution in [-0.4, -0.2) is 16.5 Å². The van der Waals surface area contributed by atoms with Crippen molar-refractivity contribution in [1.29, 1.82) is 0 Å². The van der Waals surface area contributed by atoms with Gasteiger partial charge in [-0.25, -0.2) is 4.90 Å². The Morgan fingerprint density at radius 3 is 2.41 bits per heavy atom. The smallest absolute Gasteiger partial charge is 0.295 e. The summed E-state index contributed by atoms with van der Waals surface area (Å²) in [5.74, 6) is -0.236. The van der Waals surface area contributed by atoms with Crippen LogP contribution in [-0.2, 0) is 4.79 Å². The summed E-state index contributed by atoms with van der Waals surface area (Å²) in [6.45, 7) is 3.95. The topological polar surface area (TPSA) is 49.4 Å². The van der Waals surface area contributed by atoms with Crippen molar-refractivity contribution in [1.82, 2.24) is 0 Å². The molecule has 0 aromatic heterocycles. The number of hydrogen-bond donors (Lipinski definition) is 1. The molecule has 5 heteroatoms. The van der Waals surface area contributed by atoms with E-state index in [1.54, 1.807) is 12.1 Å². The summed E-state index contributed by atoms with van der Waals surface area (Å²) in [4.78, 5) is 25.9. The monoisotopic (exact) mass is 312 g/mol. The highest BCUT2D eigenvalue weighted by Gasteiger charge is 2.40. The molecule has 0 radical (unpaired) electrons. The lowest BCUT2D eigenvalue weighted by Gasteiger charge is -2.15. The van der Waals surface area contributed by atoms with Crippen LogP contribution in [0.4, 0.5) is 16.2 Å². The fourth-order valence-corrected chi connectivity index (χ4v) is 3.22. The van der Waals surface area contributed by atoms with Crippen LogP contribution < -0.4 is 10.2 Å². The van der Waals surface area contributed by atoms with Gasteiger partial charge in [-0.2, -0.15) is 0 Å². The van der Waals surface area contributed by atoms with E-state index in [4.69, 9.17) is 0 Å². The number of benzene rings is 2. The zero-order valence-electron chi connectivity index (χ0n) is 12.4. The van der Waals surface area contributed by atoms with Gasteiger partial charge in [0, 0.05) is 5.69 Å². The summed E-state index contributed by atoms with van der Waals surface area (Å²) in [6, 6.07) is 15.1. The highest BCUT2D eigenvalue weighted by Crippen LogP contribution is 2.32. The molecule has 0 bridgehead atoms. The number of nitrogens with one attached hydrogen (secondary N) is 1. The Bertz CT molecular complexity index is 728. The quantitative estimate of drug-likeness (QED) is 0.932. The minimum atomic E-state index is -0.587. The molecule has 112 valence electrons. The molecule has 3 rings (SSSR count). The first-order valence-corrected chi connectivity index (χ1v) is 7.87. The van der Waals surface area contributed by atoms with Crippen molar-refractivity contribution in [3.63, 3.8) is 0 Å². The number of imide groups is 1. The fraction of sp³-hybridized carbons (Fsp3) is 0.176. The molecule has 1 heterocycles. The van der Waals surface area contributed by atoms with Crippen molar-refractivity contribution in [2.45, 2.75) is 19.2 Å². The molecule has 22 heavy (non-hydrogen) atoms. The van der Waals surface area contributed by atoms with Crippen molar-refractivity contribution >= 4 is 34.3 Å². The average Bonchev–Trinajstić information content (AvgIpc) is 2.75. The third-order valence-electron chi connectivity index (χ3n) is 3.45. The molecule has 1 N–H and O–H groups in total. The van der Waals surface area contributed by atoms with Gasteiger partial charge in [0.1, 0.15) is 0 Å². The summed E-state index contributed by atoms with van der Waals surface area (Å²) >= 11 is 1.01. The molecule has 1 fully saturated rings. The van der Waals surface area contributed by atoms with Gasteiger partial charge in [0.15, 0.2) is 5.37 Å². The minimum Gasteiger partial charge on any atom is -0.365 e. The second kappa shape index (κ2) is 5.85. The van der Waals surface area contributed by atoms with Crippen LogP contribution in [0.15, 0.2) is 48.5 Å². The molecule has 2 aromatic rings. The predicted molar refractivity (Wildman–Crippen MR) is 90.2 cm³/mol. The number of aryl methyl sites for hydroxylation is 2.